The van der Waals surface area contributed by atoms with Crippen molar-refractivity contribution in [2.45, 2.75) is 6.92 Å². The third-order valence-electron chi connectivity index (χ3n) is 2.64. The van der Waals surface area contributed by atoms with Gasteiger partial charge in [-0.25, -0.2) is 13.2 Å². The average molecular weight is 329 g/mol. The number of ketones is 1. The number of carbonyl (C=O) groups excluding carboxylic acids is 1. The molecule has 0 saturated carbocycles. The van der Waals surface area contributed by atoms with Crippen molar-refractivity contribution in [1.29, 1.82) is 0 Å². The maximum absolute atomic E-state index is 13.8. The monoisotopic (exact) mass is 328 g/mol. The lowest BCUT2D eigenvalue weighted by molar-refractivity contribution is 0.102. The Morgan fingerprint density at radius 1 is 1.05 bits per heavy atom. The van der Waals surface area contributed by atoms with E-state index in [0.717, 1.165) is 18.2 Å². The third kappa shape index (κ3) is 2.56. The zero-order valence-corrected chi connectivity index (χ0v) is 11.4. The molecule has 0 aliphatic heterocycles. The highest BCUT2D eigenvalue weighted by molar-refractivity contribution is 9.10. The Morgan fingerprint density at radius 2 is 1.74 bits per heavy atom. The van der Waals surface area contributed by atoms with Crippen molar-refractivity contribution in [3.05, 3.63) is 68.9 Å². The zero-order valence-electron chi connectivity index (χ0n) is 9.81. The van der Waals surface area contributed by atoms with Gasteiger partial charge in [-0.2, -0.15) is 0 Å². The lowest BCUT2D eigenvalue weighted by atomic mass is 10.0. The van der Waals surface area contributed by atoms with Gasteiger partial charge in [0.25, 0.3) is 0 Å². The molecule has 2 rings (SSSR count). The molecule has 1 nitrogen and oxygen atoms in total. The van der Waals surface area contributed by atoms with E-state index in [-0.39, 0.29) is 10.0 Å². The van der Waals surface area contributed by atoms with Gasteiger partial charge < -0.3 is 0 Å². The summed E-state index contributed by atoms with van der Waals surface area (Å²) in [6.45, 7) is 1.65. The molecule has 0 spiro atoms. The van der Waals surface area contributed by atoms with Crippen molar-refractivity contribution in [2.24, 2.45) is 0 Å². The number of hydrogen-bond acceptors (Lipinski definition) is 1. The molecule has 0 fully saturated rings. The quantitative estimate of drug-likeness (QED) is 0.589. The first-order chi connectivity index (χ1) is 8.91. The van der Waals surface area contributed by atoms with E-state index in [1.54, 1.807) is 6.92 Å². The predicted molar refractivity (Wildman–Crippen MR) is 68.6 cm³/mol. The molecule has 0 radical (unpaired) electrons. The van der Waals surface area contributed by atoms with Gasteiger partial charge in [0.1, 0.15) is 11.6 Å². The maximum Gasteiger partial charge on any atom is 0.201 e. The van der Waals surface area contributed by atoms with E-state index in [1.165, 1.54) is 12.1 Å². The van der Waals surface area contributed by atoms with Crippen molar-refractivity contribution in [2.75, 3.05) is 0 Å². The molecule has 0 atom stereocenters. The molecule has 0 heterocycles. The van der Waals surface area contributed by atoms with Crippen LogP contribution in [-0.4, -0.2) is 5.78 Å². The van der Waals surface area contributed by atoms with E-state index >= 15 is 0 Å². The minimum absolute atomic E-state index is 0.0511. The summed E-state index contributed by atoms with van der Waals surface area (Å²) in [5, 5.41) is 0. The van der Waals surface area contributed by atoms with Crippen LogP contribution in [0.4, 0.5) is 13.2 Å². The molecular weight excluding hydrogens is 321 g/mol. The molecule has 2 aromatic rings. The molecule has 0 saturated heterocycles. The van der Waals surface area contributed by atoms with Gasteiger partial charge in [0.05, 0.1) is 15.6 Å². The molecular formula is C14H8BrF3O. The van der Waals surface area contributed by atoms with Crippen LogP contribution in [-0.2, 0) is 0 Å². The fourth-order valence-corrected chi connectivity index (χ4v) is 2.00. The number of carbonyl (C=O) groups is 1. The fourth-order valence-electron chi connectivity index (χ4n) is 1.67. The Balaban J connectivity index is 2.59. The van der Waals surface area contributed by atoms with Crippen LogP contribution in [0.5, 0.6) is 0 Å². The van der Waals surface area contributed by atoms with Gasteiger partial charge in [-0.15, -0.1) is 0 Å². The van der Waals surface area contributed by atoms with Gasteiger partial charge in [-0.3, -0.25) is 4.79 Å². The molecule has 0 aromatic heterocycles. The van der Waals surface area contributed by atoms with E-state index in [9.17, 15) is 18.0 Å². The summed E-state index contributed by atoms with van der Waals surface area (Å²) >= 11 is 2.86. The van der Waals surface area contributed by atoms with Crippen LogP contribution in [0.25, 0.3) is 0 Å². The smallest absolute Gasteiger partial charge is 0.201 e. The molecule has 5 heteroatoms. The number of rotatable bonds is 2. The molecule has 0 unspecified atom stereocenters. The second kappa shape index (κ2) is 5.17. The Labute approximate surface area is 116 Å². The van der Waals surface area contributed by atoms with Crippen LogP contribution >= 0.6 is 15.9 Å². The summed E-state index contributed by atoms with van der Waals surface area (Å²) in [6.07, 6.45) is 0. The molecule has 0 aliphatic carbocycles. The number of benzene rings is 2. The summed E-state index contributed by atoms with van der Waals surface area (Å²) in [6, 6.07) is 5.96. The second-order valence-corrected chi connectivity index (χ2v) is 4.88. The number of aryl methyl sites for hydroxylation is 1. The average Bonchev–Trinajstić information content (AvgIpc) is 2.34. The number of hydrogen-bond donors (Lipinski definition) is 0. The second-order valence-electron chi connectivity index (χ2n) is 4.03. The van der Waals surface area contributed by atoms with Gasteiger partial charge in [0.2, 0.25) is 5.78 Å². The topological polar surface area (TPSA) is 17.1 Å². The van der Waals surface area contributed by atoms with Crippen LogP contribution in [0.15, 0.2) is 34.8 Å². The predicted octanol–water partition coefficient (Wildman–Crippen LogP) is 4.41. The van der Waals surface area contributed by atoms with E-state index in [4.69, 9.17) is 0 Å². The van der Waals surface area contributed by atoms with Gasteiger partial charge in [0, 0.05) is 0 Å². The van der Waals surface area contributed by atoms with Gasteiger partial charge in [0.15, 0.2) is 5.82 Å². The van der Waals surface area contributed by atoms with Crippen molar-refractivity contribution in [1.82, 2.24) is 0 Å². The first-order valence-corrected chi connectivity index (χ1v) is 6.15. The van der Waals surface area contributed by atoms with Crippen LogP contribution in [0.1, 0.15) is 21.5 Å². The highest BCUT2D eigenvalue weighted by Gasteiger charge is 2.23. The first kappa shape index (κ1) is 13.8. The molecule has 0 N–H and O–H groups in total. The number of halogens is 4. The molecule has 0 bridgehead atoms. The zero-order chi connectivity index (χ0) is 14.2. The standard InChI is InChI=1S/C14H8BrF3O/c1-7-2-3-8(11(17)6-7)14(19)12-10(16)5-4-9(15)13(12)18/h2-6H,1H3. The van der Waals surface area contributed by atoms with E-state index in [1.807, 2.05) is 0 Å². The lowest BCUT2D eigenvalue weighted by Crippen LogP contribution is -2.10. The van der Waals surface area contributed by atoms with Gasteiger partial charge in [-0.05, 0) is 52.7 Å². The highest BCUT2D eigenvalue weighted by atomic mass is 79.9. The third-order valence-corrected chi connectivity index (χ3v) is 3.25. The summed E-state index contributed by atoms with van der Waals surface area (Å²) in [5.41, 5.74) is -0.511. The van der Waals surface area contributed by atoms with Crippen molar-refractivity contribution < 1.29 is 18.0 Å². The van der Waals surface area contributed by atoms with Crippen LogP contribution < -0.4 is 0 Å². The van der Waals surface area contributed by atoms with Crippen molar-refractivity contribution in [3.63, 3.8) is 0 Å². The normalized spacial score (nSPS) is 10.6. The van der Waals surface area contributed by atoms with E-state index in [2.05, 4.69) is 15.9 Å². The molecule has 0 aliphatic rings. The summed E-state index contributed by atoms with van der Waals surface area (Å²) in [5.74, 6) is -3.88. The molecule has 0 amide bonds. The summed E-state index contributed by atoms with van der Waals surface area (Å²) in [4.78, 5) is 12.0. The first-order valence-electron chi connectivity index (χ1n) is 5.36. The van der Waals surface area contributed by atoms with Crippen LogP contribution in [0, 0.1) is 24.4 Å². The van der Waals surface area contributed by atoms with Crippen molar-refractivity contribution >= 4 is 21.7 Å². The Hall–Kier alpha value is -1.62. The summed E-state index contributed by atoms with van der Waals surface area (Å²) < 4.78 is 41.0. The SMILES string of the molecule is Cc1ccc(C(=O)c2c(F)ccc(Br)c2F)c(F)c1. The maximum atomic E-state index is 13.8. The van der Waals surface area contributed by atoms with Crippen LogP contribution in [0.3, 0.4) is 0 Å². The largest absolute Gasteiger partial charge is 0.288 e. The van der Waals surface area contributed by atoms with E-state index < -0.39 is 28.8 Å². The Bertz CT molecular complexity index is 668. The Morgan fingerprint density at radius 3 is 2.37 bits per heavy atom. The minimum atomic E-state index is -1.04. The van der Waals surface area contributed by atoms with E-state index in [0.29, 0.717) is 5.56 Å². The van der Waals surface area contributed by atoms with Crippen molar-refractivity contribution in [3.8, 4) is 0 Å². The molecule has 98 valence electrons. The van der Waals surface area contributed by atoms with Crippen LogP contribution in [0.2, 0.25) is 0 Å². The highest BCUT2D eigenvalue weighted by Crippen LogP contribution is 2.25. The Kier molecular flexibility index (Phi) is 3.75. The lowest BCUT2D eigenvalue weighted by Gasteiger charge is -2.07. The summed E-state index contributed by atoms with van der Waals surface area (Å²) in [7, 11) is 0. The molecule has 19 heavy (non-hydrogen) atoms. The van der Waals surface area contributed by atoms with Gasteiger partial charge >= 0.3 is 0 Å². The van der Waals surface area contributed by atoms with Gasteiger partial charge in [-0.1, -0.05) is 6.07 Å². The minimum Gasteiger partial charge on any atom is -0.288 e. The molecule has 2 aromatic carbocycles. The fraction of sp³-hybridized carbons (Fsp3) is 0.0714.